The summed E-state index contributed by atoms with van der Waals surface area (Å²) in [5.41, 5.74) is 1.86. The van der Waals surface area contributed by atoms with Crippen molar-refractivity contribution in [2.75, 3.05) is 19.5 Å². The van der Waals surface area contributed by atoms with E-state index in [1.54, 1.807) is 21.0 Å². The summed E-state index contributed by atoms with van der Waals surface area (Å²) in [5.74, 6) is -1.40. The first kappa shape index (κ1) is 22.7. The van der Waals surface area contributed by atoms with Gasteiger partial charge in [0.1, 0.15) is 5.92 Å². The van der Waals surface area contributed by atoms with Crippen molar-refractivity contribution in [1.82, 2.24) is 9.88 Å². The molecule has 2 atom stereocenters. The first-order valence-electron chi connectivity index (χ1n) is 9.28. The van der Waals surface area contributed by atoms with Crippen LogP contribution in [0.1, 0.15) is 48.6 Å². The first-order chi connectivity index (χ1) is 13.6. The monoisotopic (exact) mass is 414 g/mol. The number of allylic oxidation sites excluding steroid dienone is 1. The highest BCUT2D eigenvalue weighted by Crippen LogP contribution is 2.42. The molecule has 0 unspecified atom stereocenters. The van der Waals surface area contributed by atoms with Gasteiger partial charge in [-0.25, -0.2) is 0 Å². The van der Waals surface area contributed by atoms with Crippen LogP contribution >= 0.6 is 11.8 Å². The fraction of sp³-hybridized carbons (Fsp3) is 0.524. The van der Waals surface area contributed by atoms with Crippen LogP contribution in [0.15, 0.2) is 16.7 Å². The normalized spacial score (nSPS) is 19.3. The number of nitriles is 2. The third-order valence-corrected chi connectivity index (χ3v) is 6.32. The van der Waals surface area contributed by atoms with E-state index >= 15 is 0 Å². The lowest BCUT2D eigenvalue weighted by Crippen LogP contribution is -2.44. The predicted octanol–water partition coefficient (Wildman–Crippen LogP) is 3.26. The van der Waals surface area contributed by atoms with Gasteiger partial charge in [-0.15, -0.1) is 0 Å². The van der Waals surface area contributed by atoms with Gasteiger partial charge in [-0.05, 0) is 26.8 Å². The molecule has 0 aromatic carbocycles. The second kappa shape index (κ2) is 8.86. The van der Waals surface area contributed by atoms with Crippen molar-refractivity contribution in [3.8, 4) is 12.1 Å². The lowest BCUT2D eigenvalue weighted by atomic mass is 9.72. The molecule has 0 saturated heterocycles. The molecule has 0 fully saturated rings. The molecule has 29 heavy (non-hydrogen) atoms. The van der Waals surface area contributed by atoms with Crippen molar-refractivity contribution in [2.24, 2.45) is 11.3 Å². The van der Waals surface area contributed by atoms with Crippen LogP contribution < -0.4 is 5.32 Å². The Balaban J connectivity index is 2.26. The lowest BCUT2D eigenvalue weighted by Gasteiger charge is -2.34. The minimum Gasteiger partial charge on any atom is -0.383 e. The highest BCUT2D eigenvalue weighted by Gasteiger charge is 2.44. The second-order valence-corrected chi connectivity index (χ2v) is 8.75. The van der Waals surface area contributed by atoms with Crippen molar-refractivity contribution >= 4 is 23.5 Å². The van der Waals surface area contributed by atoms with Gasteiger partial charge in [0, 0.05) is 29.5 Å². The van der Waals surface area contributed by atoms with E-state index in [1.165, 1.54) is 0 Å². The minimum absolute atomic E-state index is 0.0804. The van der Waals surface area contributed by atoms with Crippen molar-refractivity contribution in [3.05, 3.63) is 33.6 Å². The Morgan fingerprint density at radius 1 is 1.41 bits per heavy atom. The number of aryl methyl sites for hydroxylation is 1. The number of ether oxygens (including phenoxy) is 1. The van der Waals surface area contributed by atoms with Crippen LogP contribution in [-0.4, -0.2) is 35.7 Å². The number of hydrogen-bond donors (Lipinski definition) is 1. The van der Waals surface area contributed by atoms with Crippen molar-refractivity contribution < 1.29 is 14.3 Å². The van der Waals surface area contributed by atoms with E-state index in [9.17, 15) is 20.1 Å². The van der Waals surface area contributed by atoms with Crippen LogP contribution in [0.4, 0.5) is 0 Å². The summed E-state index contributed by atoms with van der Waals surface area (Å²) in [6, 6.07) is 6.04. The lowest BCUT2D eigenvalue weighted by molar-refractivity contribution is -0.125. The van der Waals surface area contributed by atoms with Crippen LogP contribution in [0.5, 0.6) is 0 Å². The summed E-state index contributed by atoms with van der Waals surface area (Å²) in [7, 11) is 1.64. The average Bonchev–Trinajstić information content (AvgIpc) is 2.93. The number of hydrogen-bond acceptors (Lipinski definition) is 6. The third kappa shape index (κ3) is 4.24. The molecule has 0 spiro atoms. The molecule has 1 amide bonds. The summed E-state index contributed by atoms with van der Waals surface area (Å²) < 4.78 is 7.30. The predicted molar refractivity (Wildman–Crippen MR) is 111 cm³/mol. The standard InChI is InChI=1S/C21H26N4O3S/c1-12-7-15(14(3)25(12)13(2)10-28-6)18(26)11-29-20-17(9-23)21(4,5)16(8-22)19(27)24-20/h7,13,16H,10-11H2,1-6H3,(H,24,27)/t13-,16-/m0/s1. The zero-order valence-corrected chi connectivity index (χ0v) is 18.4. The van der Waals surface area contributed by atoms with Gasteiger partial charge in [0.05, 0.1) is 41.1 Å². The summed E-state index contributed by atoms with van der Waals surface area (Å²) in [6.45, 7) is 9.82. The largest absolute Gasteiger partial charge is 0.383 e. The quantitative estimate of drug-likeness (QED) is 0.686. The van der Waals surface area contributed by atoms with Crippen molar-refractivity contribution in [2.45, 2.75) is 40.7 Å². The van der Waals surface area contributed by atoms with Crippen LogP contribution in [0.3, 0.4) is 0 Å². The van der Waals surface area contributed by atoms with Gasteiger partial charge >= 0.3 is 0 Å². The highest BCUT2D eigenvalue weighted by atomic mass is 32.2. The van der Waals surface area contributed by atoms with Crippen LogP contribution in [0, 0.1) is 47.8 Å². The van der Waals surface area contributed by atoms with Crippen molar-refractivity contribution in [1.29, 1.82) is 10.5 Å². The molecular formula is C21H26N4O3S. The number of carbonyl (C=O) groups excluding carboxylic acids is 2. The number of nitrogens with one attached hydrogen (secondary N) is 1. The van der Waals surface area contributed by atoms with E-state index in [-0.39, 0.29) is 17.6 Å². The number of carbonyl (C=O) groups is 2. The number of thioether (sulfide) groups is 1. The van der Waals surface area contributed by atoms with Crippen molar-refractivity contribution in [3.63, 3.8) is 0 Å². The first-order valence-corrected chi connectivity index (χ1v) is 10.3. The molecule has 1 aromatic heterocycles. The second-order valence-electron chi connectivity index (χ2n) is 7.76. The van der Waals surface area contributed by atoms with Gasteiger partial charge in [0.2, 0.25) is 5.91 Å². The van der Waals surface area contributed by atoms with Gasteiger partial charge in [-0.2, -0.15) is 10.5 Å². The zero-order valence-electron chi connectivity index (χ0n) is 17.6. The van der Waals surface area contributed by atoms with E-state index in [2.05, 4.69) is 16.0 Å². The molecule has 8 heteroatoms. The number of aromatic nitrogens is 1. The van der Waals surface area contributed by atoms with Gasteiger partial charge in [-0.1, -0.05) is 25.6 Å². The Morgan fingerprint density at radius 2 is 2.07 bits per heavy atom. The fourth-order valence-corrected chi connectivity index (χ4v) is 4.86. The van der Waals surface area contributed by atoms with E-state index in [4.69, 9.17) is 4.74 Å². The summed E-state index contributed by atoms with van der Waals surface area (Å²) >= 11 is 1.13. The Kier molecular flexibility index (Phi) is 6.94. The number of amides is 1. The molecule has 1 N–H and O–H groups in total. The van der Waals surface area contributed by atoms with Crippen LogP contribution in [-0.2, 0) is 9.53 Å². The van der Waals surface area contributed by atoms with E-state index < -0.39 is 17.2 Å². The number of ketones is 1. The Bertz CT molecular complexity index is 946. The van der Waals surface area contributed by atoms with Gasteiger partial charge in [-0.3, -0.25) is 9.59 Å². The molecule has 1 aliphatic rings. The van der Waals surface area contributed by atoms with E-state index in [1.807, 2.05) is 32.9 Å². The third-order valence-electron chi connectivity index (χ3n) is 5.31. The smallest absolute Gasteiger partial charge is 0.243 e. The Morgan fingerprint density at radius 3 is 2.62 bits per heavy atom. The maximum atomic E-state index is 12.9. The van der Waals surface area contributed by atoms with Crippen LogP contribution in [0.2, 0.25) is 0 Å². The Hall–Kier alpha value is -2.55. The molecule has 2 heterocycles. The Labute approximate surface area is 175 Å². The highest BCUT2D eigenvalue weighted by molar-refractivity contribution is 8.03. The van der Waals surface area contributed by atoms with Gasteiger partial charge < -0.3 is 14.6 Å². The minimum atomic E-state index is -0.946. The number of methoxy groups -OCH3 is 1. The molecule has 1 aliphatic heterocycles. The molecule has 0 aliphatic carbocycles. The molecule has 0 radical (unpaired) electrons. The summed E-state index contributed by atoms with van der Waals surface area (Å²) in [6.07, 6.45) is 0. The molecule has 7 nitrogen and oxygen atoms in total. The van der Waals surface area contributed by atoms with Gasteiger partial charge in [0.15, 0.2) is 5.78 Å². The van der Waals surface area contributed by atoms with Gasteiger partial charge in [0.25, 0.3) is 0 Å². The van der Waals surface area contributed by atoms with E-state index in [0.717, 1.165) is 23.1 Å². The molecule has 1 aromatic rings. The summed E-state index contributed by atoms with van der Waals surface area (Å²) in [5, 5.41) is 21.9. The molecule has 0 bridgehead atoms. The van der Waals surface area contributed by atoms with E-state index in [0.29, 0.717) is 22.8 Å². The number of rotatable bonds is 7. The maximum absolute atomic E-state index is 12.9. The fourth-order valence-electron chi connectivity index (χ4n) is 3.80. The topological polar surface area (TPSA) is 108 Å². The molecule has 2 rings (SSSR count). The maximum Gasteiger partial charge on any atom is 0.243 e. The number of Topliss-reactive ketones (excluding diaryl/α,β-unsaturated/α-hetero) is 1. The number of nitrogens with zero attached hydrogens (tertiary/aromatic N) is 3. The zero-order chi connectivity index (χ0) is 21.9. The summed E-state index contributed by atoms with van der Waals surface area (Å²) in [4.78, 5) is 25.2. The molecular weight excluding hydrogens is 388 g/mol. The average molecular weight is 415 g/mol. The molecule has 154 valence electrons. The molecule has 0 saturated carbocycles. The van der Waals surface area contributed by atoms with Crippen LogP contribution in [0.25, 0.3) is 0 Å². The SMILES string of the molecule is COC[C@H](C)n1c(C)cc(C(=O)CSC2=C(C#N)C(C)(C)[C@@H](C#N)C(=O)N2)c1C.